The zero-order valence-corrected chi connectivity index (χ0v) is 28.6. The predicted octanol–water partition coefficient (Wildman–Crippen LogP) is 7.31. The number of nitrogens with zero attached hydrogens (tertiary/aromatic N) is 5. The first-order valence-corrected chi connectivity index (χ1v) is 19.4. The molecule has 0 amide bonds. The molecular formula is C40H54FN5O2. The fourth-order valence-corrected chi connectivity index (χ4v) is 13.0. The number of nitro groups is 1. The molecule has 0 atom stereocenters. The van der Waals surface area contributed by atoms with Crippen molar-refractivity contribution in [2.75, 3.05) is 62.2 Å². The minimum Gasteiger partial charge on any atom is -0.369 e. The Kier molecular flexibility index (Phi) is 8.39. The maximum Gasteiger partial charge on any atom is 0.269 e. The van der Waals surface area contributed by atoms with Gasteiger partial charge in [-0.2, -0.15) is 0 Å². The summed E-state index contributed by atoms with van der Waals surface area (Å²) in [7, 11) is 0. The first-order valence-electron chi connectivity index (χ1n) is 19.4. The predicted molar refractivity (Wildman–Crippen MR) is 189 cm³/mol. The van der Waals surface area contributed by atoms with Crippen molar-refractivity contribution in [3.63, 3.8) is 0 Å². The molecule has 258 valence electrons. The van der Waals surface area contributed by atoms with Crippen LogP contribution in [-0.4, -0.2) is 79.2 Å². The molecule has 48 heavy (non-hydrogen) atoms. The molecule has 2 aromatic carbocycles. The van der Waals surface area contributed by atoms with Crippen LogP contribution in [0.3, 0.4) is 0 Å². The number of hydrogen-bond donors (Lipinski definition) is 0. The highest BCUT2D eigenvalue weighted by atomic mass is 19.1. The Hall–Kier alpha value is -2.71. The Morgan fingerprint density at radius 1 is 0.542 bits per heavy atom. The smallest absolute Gasteiger partial charge is 0.269 e. The van der Waals surface area contributed by atoms with Gasteiger partial charge in [-0.1, -0.05) is 12.1 Å². The first kappa shape index (κ1) is 31.3. The minimum absolute atomic E-state index is 0.0735. The van der Waals surface area contributed by atoms with Crippen molar-refractivity contribution in [3.8, 4) is 0 Å². The summed E-state index contributed by atoms with van der Waals surface area (Å²) in [5.41, 5.74) is 2.09. The van der Waals surface area contributed by atoms with Gasteiger partial charge in [0.05, 0.1) is 10.6 Å². The molecule has 10 fully saturated rings. The standard InChI is InChI=1S/C20H27FN2.C20H27N3O2/c21-18-3-1-2-4-19(18)22-5-7-23(8-6-22)20-16-10-14-9-15(12-16)13-17(20)11-14;24-23(25)19-3-1-18(2-4-19)21-5-7-22(8-6-21)20-16-10-14-9-15(12-16)13-17(20)11-14/h1-4,14-17,20H,5-13H2;1-4,14-17,20H,5-13H2. The number of anilines is 2. The van der Waals surface area contributed by atoms with Gasteiger partial charge in [0.15, 0.2) is 0 Å². The molecule has 8 aliphatic carbocycles. The molecule has 0 aromatic heterocycles. The third-order valence-electron chi connectivity index (χ3n) is 14.4. The number of rotatable bonds is 5. The van der Waals surface area contributed by atoms with Crippen LogP contribution in [-0.2, 0) is 0 Å². The zero-order valence-electron chi connectivity index (χ0n) is 28.6. The summed E-state index contributed by atoms with van der Waals surface area (Å²) in [4.78, 5) is 20.7. The van der Waals surface area contributed by atoms with Gasteiger partial charge in [0.1, 0.15) is 5.82 Å². The Morgan fingerprint density at radius 2 is 0.958 bits per heavy atom. The van der Waals surface area contributed by atoms with Crippen molar-refractivity contribution in [2.24, 2.45) is 47.3 Å². The van der Waals surface area contributed by atoms with Crippen LogP contribution in [0.15, 0.2) is 48.5 Å². The van der Waals surface area contributed by atoms with Crippen LogP contribution in [0.4, 0.5) is 21.5 Å². The van der Waals surface area contributed by atoms with Gasteiger partial charge in [-0.25, -0.2) is 4.39 Å². The van der Waals surface area contributed by atoms with E-state index in [1.807, 2.05) is 24.3 Å². The quantitative estimate of drug-likeness (QED) is 0.249. The molecule has 7 nitrogen and oxygen atoms in total. The van der Waals surface area contributed by atoms with Crippen LogP contribution in [0.5, 0.6) is 0 Å². The van der Waals surface area contributed by atoms with E-state index in [1.54, 1.807) is 24.3 Å². The van der Waals surface area contributed by atoms with E-state index < -0.39 is 0 Å². The molecule has 0 radical (unpaired) electrons. The fourth-order valence-electron chi connectivity index (χ4n) is 13.0. The Balaban J connectivity index is 0.000000131. The summed E-state index contributed by atoms with van der Waals surface area (Å²) in [6.45, 7) is 8.55. The number of nitro benzene ring substituents is 1. The number of non-ortho nitro benzene ring substituents is 1. The molecule has 0 unspecified atom stereocenters. The Labute approximate surface area is 286 Å². The van der Waals surface area contributed by atoms with E-state index in [4.69, 9.17) is 0 Å². The van der Waals surface area contributed by atoms with Crippen molar-refractivity contribution in [1.29, 1.82) is 0 Å². The van der Waals surface area contributed by atoms with E-state index >= 15 is 0 Å². The summed E-state index contributed by atoms with van der Waals surface area (Å²) in [6.07, 6.45) is 15.0. The summed E-state index contributed by atoms with van der Waals surface area (Å²) < 4.78 is 14.0. The van der Waals surface area contributed by atoms with Crippen molar-refractivity contribution >= 4 is 17.1 Å². The molecule has 2 heterocycles. The molecule has 8 bridgehead atoms. The van der Waals surface area contributed by atoms with Crippen LogP contribution in [0, 0.1) is 63.3 Å². The molecule has 2 aliphatic heterocycles. The number of halogens is 1. The molecule has 8 heteroatoms. The third-order valence-corrected chi connectivity index (χ3v) is 14.4. The summed E-state index contributed by atoms with van der Waals surface area (Å²) in [5, 5.41) is 10.8. The normalized spacial score (nSPS) is 38.6. The van der Waals surface area contributed by atoms with E-state index in [9.17, 15) is 14.5 Å². The minimum atomic E-state index is -0.325. The maximum absolute atomic E-state index is 14.0. The average molecular weight is 656 g/mol. The molecule has 2 aromatic rings. The van der Waals surface area contributed by atoms with E-state index in [0.29, 0.717) is 0 Å². The number of para-hydroxylation sites is 1. The SMILES string of the molecule is Fc1ccccc1N1CCN(C2C3CC4CC(C3)CC2C4)CC1.O=[N+]([O-])c1ccc(N2CCN(C3C4CC5CC(C4)CC3C5)CC2)cc1. The molecule has 2 saturated heterocycles. The summed E-state index contributed by atoms with van der Waals surface area (Å²) in [5.74, 6) is 7.96. The highest BCUT2D eigenvalue weighted by molar-refractivity contribution is 5.51. The molecular weight excluding hydrogens is 601 g/mol. The average Bonchev–Trinajstić information content (AvgIpc) is 3.09. The van der Waals surface area contributed by atoms with Crippen molar-refractivity contribution < 1.29 is 9.31 Å². The van der Waals surface area contributed by atoms with E-state index in [0.717, 1.165) is 123 Å². The van der Waals surface area contributed by atoms with Crippen LogP contribution in [0.1, 0.15) is 64.2 Å². The fraction of sp³-hybridized carbons (Fsp3) is 0.700. The van der Waals surface area contributed by atoms with Crippen LogP contribution in [0.2, 0.25) is 0 Å². The van der Waals surface area contributed by atoms with Gasteiger partial charge in [-0.15, -0.1) is 0 Å². The summed E-state index contributed by atoms with van der Waals surface area (Å²) in [6, 6.07) is 16.0. The zero-order chi connectivity index (χ0) is 32.4. The van der Waals surface area contributed by atoms with E-state index in [2.05, 4.69) is 19.6 Å². The van der Waals surface area contributed by atoms with Crippen molar-refractivity contribution in [2.45, 2.75) is 76.3 Å². The van der Waals surface area contributed by atoms with Gasteiger partial charge in [0.2, 0.25) is 0 Å². The second-order valence-corrected chi connectivity index (χ2v) is 17.1. The molecule has 10 aliphatic rings. The summed E-state index contributed by atoms with van der Waals surface area (Å²) >= 11 is 0. The molecule has 0 spiro atoms. The number of piperazine rings is 2. The second kappa shape index (κ2) is 12.9. The Bertz CT molecular complexity index is 1400. The lowest BCUT2D eigenvalue weighted by Crippen LogP contribution is -2.60. The van der Waals surface area contributed by atoms with Crippen LogP contribution < -0.4 is 9.80 Å². The monoisotopic (exact) mass is 655 g/mol. The van der Waals surface area contributed by atoms with E-state index in [1.165, 1.54) is 64.2 Å². The van der Waals surface area contributed by atoms with Gasteiger partial charge in [-0.05, 0) is 136 Å². The van der Waals surface area contributed by atoms with Gasteiger partial charge >= 0.3 is 0 Å². The lowest BCUT2D eigenvalue weighted by molar-refractivity contribution is -0.384. The highest BCUT2D eigenvalue weighted by Crippen LogP contribution is 2.56. The highest BCUT2D eigenvalue weighted by Gasteiger charge is 2.51. The van der Waals surface area contributed by atoms with Crippen LogP contribution in [0.25, 0.3) is 0 Å². The first-order chi connectivity index (χ1) is 23.4. The number of hydrogen-bond acceptors (Lipinski definition) is 6. The van der Waals surface area contributed by atoms with Gasteiger partial charge in [0.25, 0.3) is 5.69 Å². The Morgan fingerprint density at radius 3 is 1.38 bits per heavy atom. The molecule has 8 saturated carbocycles. The largest absolute Gasteiger partial charge is 0.369 e. The molecule has 12 rings (SSSR count). The third kappa shape index (κ3) is 5.93. The topological polar surface area (TPSA) is 56.1 Å². The van der Waals surface area contributed by atoms with E-state index in [-0.39, 0.29) is 16.4 Å². The van der Waals surface area contributed by atoms with Crippen molar-refractivity contribution in [1.82, 2.24) is 9.80 Å². The van der Waals surface area contributed by atoms with Crippen molar-refractivity contribution in [3.05, 3.63) is 64.5 Å². The lowest BCUT2D eigenvalue weighted by Gasteiger charge is -2.58. The lowest BCUT2D eigenvalue weighted by atomic mass is 9.54. The van der Waals surface area contributed by atoms with Crippen LogP contribution >= 0.6 is 0 Å². The van der Waals surface area contributed by atoms with Gasteiger partial charge in [0, 0.05) is 82.3 Å². The maximum atomic E-state index is 14.0. The number of benzene rings is 2. The second-order valence-electron chi connectivity index (χ2n) is 17.1. The van der Waals surface area contributed by atoms with Gasteiger partial charge < -0.3 is 9.80 Å². The molecule has 0 N–H and O–H groups in total. The van der Waals surface area contributed by atoms with Gasteiger partial charge in [-0.3, -0.25) is 19.9 Å².